The monoisotopic (exact) mass is 246 g/mol. The van der Waals surface area contributed by atoms with Crippen molar-refractivity contribution in [3.63, 3.8) is 0 Å². The highest BCUT2D eigenvalue weighted by Gasteiger charge is 2.12. The van der Waals surface area contributed by atoms with Gasteiger partial charge in [-0.2, -0.15) is 5.26 Å². The van der Waals surface area contributed by atoms with Crippen molar-refractivity contribution in [2.24, 2.45) is 0 Å². The average molecular weight is 246 g/mol. The van der Waals surface area contributed by atoms with E-state index in [9.17, 15) is 0 Å². The Kier molecular flexibility index (Phi) is 5.60. The van der Waals surface area contributed by atoms with Gasteiger partial charge in [0.2, 0.25) is 0 Å². The summed E-state index contributed by atoms with van der Waals surface area (Å²) in [6.07, 6.45) is 1.64. The lowest BCUT2D eigenvalue weighted by Gasteiger charge is -2.30. The summed E-state index contributed by atoms with van der Waals surface area (Å²) in [6, 6.07) is 6.87. The van der Waals surface area contributed by atoms with Gasteiger partial charge in [0.25, 0.3) is 0 Å². The molecule has 1 aromatic rings. The SMILES string of the molecule is CC(C)N(CCNc1cccnc1C#N)C(C)C. The van der Waals surface area contributed by atoms with Gasteiger partial charge in [-0.25, -0.2) is 4.98 Å². The van der Waals surface area contributed by atoms with Crippen molar-refractivity contribution < 1.29 is 0 Å². The zero-order valence-electron chi connectivity index (χ0n) is 11.6. The fourth-order valence-corrected chi connectivity index (χ4v) is 2.07. The van der Waals surface area contributed by atoms with Crippen LogP contribution in [0, 0.1) is 11.3 Å². The van der Waals surface area contributed by atoms with Crippen molar-refractivity contribution in [1.29, 1.82) is 5.26 Å². The molecule has 0 spiro atoms. The van der Waals surface area contributed by atoms with Crippen LogP contribution in [0.25, 0.3) is 0 Å². The van der Waals surface area contributed by atoms with Crippen LogP contribution >= 0.6 is 0 Å². The summed E-state index contributed by atoms with van der Waals surface area (Å²) in [4.78, 5) is 6.44. The van der Waals surface area contributed by atoms with E-state index in [0.29, 0.717) is 17.8 Å². The Morgan fingerprint density at radius 2 is 2.00 bits per heavy atom. The maximum atomic E-state index is 8.94. The maximum absolute atomic E-state index is 8.94. The lowest BCUT2D eigenvalue weighted by molar-refractivity contribution is 0.182. The van der Waals surface area contributed by atoms with Crippen LogP contribution in [0.1, 0.15) is 33.4 Å². The Labute approximate surface area is 110 Å². The molecule has 0 atom stereocenters. The molecule has 0 aliphatic carbocycles. The summed E-state index contributed by atoms with van der Waals surface area (Å²) >= 11 is 0. The number of nitrogens with zero attached hydrogens (tertiary/aromatic N) is 3. The van der Waals surface area contributed by atoms with Crippen LogP contribution in [-0.4, -0.2) is 35.1 Å². The van der Waals surface area contributed by atoms with Crippen molar-refractivity contribution in [3.05, 3.63) is 24.0 Å². The second kappa shape index (κ2) is 6.97. The van der Waals surface area contributed by atoms with E-state index in [-0.39, 0.29) is 0 Å². The van der Waals surface area contributed by atoms with Crippen LogP contribution in [0.4, 0.5) is 5.69 Å². The maximum Gasteiger partial charge on any atom is 0.163 e. The average Bonchev–Trinajstić information content (AvgIpc) is 2.34. The first-order chi connectivity index (χ1) is 8.56. The lowest BCUT2D eigenvalue weighted by atomic mass is 10.2. The molecular formula is C14H22N4. The van der Waals surface area contributed by atoms with Crippen LogP contribution in [0.15, 0.2) is 18.3 Å². The van der Waals surface area contributed by atoms with E-state index in [4.69, 9.17) is 5.26 Å². The predicted molar refractivity (Wildman–Crippen MR) is 74.4 cm³/mol. The minimum atomic E-state index is 0.457. The molecule has 1 aromatic heterocycles. The summed E-state index contributed by atoms with van der Waals surface area (Å²) in [7, 11) is 0. The number of rotatable bonds is 6. The quantitative estimate of drug-likeness (QED) is 0.838. The third-order valence-corrected chi connectivity index (χ3v) is 2.93. The van der Waals surface area contributed by atoms with Crippen LogP contribution in [0.3, 0.4) is 0 Å². The van der Waals surface area contributed by atoms with E-state index in [0.717, 1.165) is 18.8 Å². The molecule has 0 unspecified atom stereocenters. The van der Waals surface area contributed by atoms with E-state index in [1.54, 1.807) is 6.20 Å². The molecule has 98 valence electrons. The second-order valence-electron chi connectivity index (χ2n) is 4.86. The molecule has 1 heterocycles. The van der Waals surface area contributed by atoms with Gasteiger partial charge in [0.1, 0.15) is 6.07 Å². The highest BCUT2D eigenvalue weighted by Crippen LogP contribution is 2.11. The van der Waals surface area contributed by atoms with Crippen molar-refractivity contribution in [3.8, 4) is 6.07 Å². The number of anilines is 1. The van der Waals surface area contributed by atoms with Gasteiger partial charge in [-0.1, -0.05) is 0 Å². The van der Waals surface area contributed by atoms with E-state index in [2.05, 4.69) is 49.0 Å². The van der Waals surface area contributed by atoms with Gasteiger partial charge < -0.3 is 5.32 Å². The number of hydrogen-bond donors (Lipinski definition) is 1. The molecule has 0 fully saturated rings. The van der Waals surface area contributed by atoms with Gasteiger partial charge in [0, 0.05) is 31.4 Å². The molecule has 18 heavy (non-hydrogen) atoms. The van der Waals surface area contributed by atoms with Crippen LogP contribution in [0.5, 0.6) is 0 Å². The zero-order valence-corrected chi connectivity index (χ0v) is 11.6. The molecular weight excluding hydrogens is 224 g/mol. The zero-order chi connectivity index (χ0) is 13.5. The molecule has 0 aromatic carbocycles. The van der Waals surface area contributed by atoms with Crippen molar-refractivity contribution in [2.75, 3.05) is 18.4 Å². The van der Waals surface area contributed by atoms with Gasteiger partial charge in [-0.15, -0.1) is 0 Å². The van der Waals surface area contributed by atoms with Gasteiger partial charge in [-0.3, -0.25) is 4.90 Å². The smallest absolute Gasteiger partial charge is 0.163 e. The molecule has 0 amide bonds. The molecule has 0 aliphatic heterocycles. The Morgan fingerprint density at radius 3 is 2.56 bits per heavy atom. The second-order valence-corrected chi connectivity index (χ2v) is 4.86. The van der Waals surface area contributed by atoms with Crippen molar-refractivity contribution >= 4 is 5.69 Å². The standard InChI is InChI=1S/C14H22N4/c1-11(2)18(12(3)4)9-8-17-13-6-5-7-16-14(13)10-15/h5-7,11-12,17H,8-9H2,1-4H3. The fraction of sp³-hybridized carbons (Fsp3) is 0.571. The van der Waals surface area contributed by atoms with Crippen LogP contribution in [0.2, 0.25) is 0 Å². The number of hydrogen-bond acceptors (Lipinski definition) is 4. The minimum absolute atomic E-state index is 0.457. The molecule has 0 radical (unpaired) electrons. The first-order valence-corrected chi connectivity index (χ1v) is 6.41. The largest absolute Gasteiger partial charge is 0.381 e. The number of nitriles is 1. The minimum Gasteiger partial charge on any atom is -0.381 e. The highest BCUT2D eigenvalue weighted by atomic mass is 15.2. The van der Waals surface area contributed by atoms with Gasteiger partial charge in [-0.05, 0) is 39.8 Å². The van der Waals surface area contributed by atoms with E-state index >= 15 is 0 Å². The Balaban J connectivity index is 2.53. The lowest BCUT2D eigenvalue weighted by Crippen LogP contribution is -2.40. The Hall–Kier alpha value is -1.60. The number of pyridine rings is 1. The van der Waals surface area contributed by atoms with E-state index in [1.807, 2.05) is 12.1 Å². The van der Waals surface area contributed by atoms with Crippen LogP contribution in [-0.2, 0) is 0 Å². The molecule has 0 saturated carbocycles. The van der Waals surface area contributed by atoms with Gasteiger partial charge in [0.15, 0.2) is 5.69 Å². The Bertz CT molecular complexity index is 399. The molecule has 4 nitrogen and oxygen atoms in total. The number of nitrogens with one attached hydrogen (secondary N) is 1. The molecule has 1 rings (SSSR count). The fourth-order valence-electron chi connectivity index (χ4n) is 2.07. The molecule has 0 aliphatic rings. The number of aromatic nitrogens is 1. The predicted octanol–water partition coefficient (Wildman–Crippen LogP) is 2.48. The van der Waals surface area contributed by atoms with Gasteiger partial charge >= 0.3 is 0 Å². The molecule has 4 heteroatoms. The Morgan fingerprint density at radius 1 is 1.33 bits per heavy atom. The molecule has 0 saturated heterocycles. The van der Waals surface area contributed by atoms with E-state index < -0.39 is 0 Å². The summed E-state index contributed by atoms with van der Waals surface area (Å²) < 4.78 is 0. The summed E-state index contributed by atoms with van der Waals surface area (Å²) in [5.41, 5.74) is 1.27. The van der Waals surface area contributed by atoms with E-state index in [1.165, 1.54) is 0 Å². The highest BCUT2D eigenvalue weighted by molar-refractivity contribution is 5.53. The first-order valence-electron chi connectivity index (χ1n) is 6.41. The summed E-state index contributed by atoms with van der Waals surface area (Å²) in [5.74, 6) is 0. The normalized spacial score (nSPS) is 11.0. The molecule has 1 N–H and O–H groups in total. The third kappa shape index (κ3) is 4.01. The first kappa shape index (κ1) is 14.5. The third-order valence-electron chi connectivity index (χ3n) is 2.93. The van der Waals surface area contributed by atoms with Crippen LogP contribution < -0.4 is 5.32 Å². The summed E-state index contributed by atoms with van der Waals surface area (Å²) in [6.45, 7) is 10.6. The summed E-state index contributed by atoms with van der Waals surface area (Å²) in [5, 5.41) is 12.2. The topological polar surface area (TPSA) is 52.0 Å². The van der Waals surface area contributed by atoms with Crippen molar-refractivity contribution in [1.82, 2.24) is 9.88 Å². The molecule has 0 bridgehead atoms. The van der Waals surface area contributed by atoms with Gasteiger partial charge in [0.05, 0.1) is 5.69 Å². The van der Waals surface area contributed by atoms with Crippen molar-refractivity contribution in [2.45, 2.75) is 39.8 Å².